The van der Waals surface area contributed by atoms with Crippen LogP contribution in [0.15, 0.2) is 40.7 Å². The highest BCUT2D eigenvalue weighted by Gasteiger charge is 2.30. The molecule has 2 aliphatic rings. The molecule has 1 amide bonds. The second-order valence-electron chi connectivity index (χ2n) is 7.06. The summed E-state index contributed by atoms with van der Waals surface area (Å²) in [6, 6.07) is 9.15. The molecule has 150 valence electrons. The molecule has 4 heterocycles. The molecule has 2 aromatic heterocycles. The Labute approximate surface area is 169 Å². The van der Waals surface area contributed by atoms with Crippen LogP contribution in [0.5, 0.6) is 0 Å². The molecule has 28 heavy (non-hydrogen) atoms. The molecule has 0 N–H and O–H groups in total. The highest BCUT2D eigenvalue weighted by molar-refractivity contribution is 7.91. The average molecular weight is 421 g/mol. The van der Waals surface area contributed by atoms with Crippen molar-refractivity contribution in [2.75, 3.05) is 44.2 Å². The van der Waals surface area contributed by atoms with Gasteiger partial charge in [-0.3, -0.25) is 4.79 Å². The van der Waals surface area contributed by atoms with Crippen LogP contribution in [0.1, 0.15) is 17.7 Å². The van der Waals surface area contributed by atoms with E-state index in [1.54, 1.807) is 18.3 Å². The summed E-state index contributed by atoms with van der Waals surface area (Å²) in [4.78, 5) is 21.4. The van der Waals surface area contributed by atoms with Gasteiger partial charge in [0.15, 0.2) is 0 Å². The minimum atomic E-state index is -3.52. The van der Waals surface area contributed by atoms with E-state index in [4.69, 9.17) is 0 Å². The lowest BCUT2D eigenvalue weighted by Crippen LogP contribution is -2.48. The first kappa shape index (κ1) is 19.4. The zero-order valence-electron chi connectivity index (χ0n) is 15.7. The number of anilines is 1. The summed E-state index contributed by atoms with van der Waals surface area (Å²) in [5.41, 5.74) is 0. The number of nitrogens with zero attached hydrogens (tertiary/aromatic N) is 4. The van der Waals surface area contributed by atoms with E-state index >= 15 is 0 Å². The quantitative estimate of drug-likeness (QED) is 0.738. The molecule has 0 aliphatic carbocycles. The fraction of sp³-hybridized carbons (Fsp3) is 0.474. The van der Waals surface area contributed by atoms with E-state index in [2.05, 4.69) is 9.88 Å². The fourth-order valence-corrected chi connectivity index (χ4v) is 6.57. The molecule has 9 heteroatoms. The Hall–Kier alpha value is -1.97. The van der Waals surface area contributed by atoms with E-state index in [9.17, 15) is 13.2 Å². The van der Waals surface area contributed by atoms with E-state index in [1.165, 1.54) is 15.6 Å². The maximum Gasteiger partial charge on any atom is 0.252 e. The Morgan fingerprint density at radius 3 is 2.43 bits per heavy atom. The number of amides is 1. The van der Waals surface area contributed by atoms with Crippen molar-refractivity contribution in [2.24, 2.45) is 0 Å². The summed E-state index contributed by atoms with van der Waals surface area (Å²) in [6.45, 7) is 3.72. The average Bonchev–Trinajstić information content (AvgIpc) is 3.41. The highest BCUT2D eigenvalue weighted by atomic mass is 32.2. The molecule has 0 bridgehead atoms. The van der Waals surface area contributed by atoms with Gasteiger partial charge in [-0.1, -0.05) is 6.07 Å². The number of thiophene rings is 1. The van der Waals surface area contributed by atoms with E-state index in [1.807, 2.05) is 23.1 Å². The van der Waals surface area contributed by atoms with Crippen molar-refractivity contribution in [1.29, 1.82) is 0 Å². The summed E-state index contributed by atoms with van der Waals surface area (Å²) in [6.07, 6.45) is 4.14. The summed E-state index contributed by atoms with van der Waals surface area (Å²) in [5.74, 6) is 0.964. The number of carbonyl (C=O) groups excluding carboxylic acids is 1. The van der Waals surface area contributed by atoms with Crippen molar-refractivity contribution in [3.63, 3.8) is 0 Å². The first-order valence-electron chi connectivity index (χ1n) is 9.57. The zero-order chi connectivity index (χ0) is 19.6. The molecule has 2 saturated heterocycles. The molecule has 2 aliphatic heterocycles. The molecule has 7 nitrogen and oxygen atoms in total. The molecular formula is C19H24N4O3S2. The van der Waals surface area contributed by atoms with Gasteiger partial charge in [0, 0.05) is 50.3 Å². The number of piperazine rings is 1. The smallest absolute Gasteiger partial charge is 0.252 e. The SMILES string of the molecule is O=C(Cc1ccc(S(=O)(=O)N2CCN(c3ccccn3)CC2)s1)N1CCCC1. The van der Waals surface area contributed by atoms with Crippen molar-refractivity contribution >= 4 is 33.1 Å². The summed E-state index contributed by atoms with van der Waals surface area (Å²) in [7, 11) is -3.52. The molecule has 4 rings (SSSR count). The van der Waals surface area contributed by atoms with E-state index in [0.29, 0.717) is 30.4 Å². The number of likely N-dealkylation sites (tertiary alicyclic amines) is 1. The van der Waals surface area contributed by atoms with Gasteiger partial charge in [0.05, 0.1) is 6.42 Å². The molecule has 0 atom stereocenters. The van der Waals surface area contributed by atoms with E-state index < -0.39 is 10.0 Å². The van der Waals surface area contributed by atoms with Crippen LogP contribution in [0, 0.1) is 0 Å². The van der Waals surface area contributed by atoms with Crippen molar-refractivity contribution < 1.29 is 13.2 Å². The van der Waals surface area contributed by atoms with Gasteiger partial charge < -0.3 is 9.80 Å². The standard InChI is InChI=1S/C19H24N4O3S2/c24-18(22-9-3-4-10-22)15-16-6-7-19(27-16)28(25,26)23-13-11-21(12-14-23)17-5-1-2-8-20-17/h1-2,5-8H,3-4,9-15H2. The lowest BCUT2D eigenvalue weighted by atomic mass is 10.3. The predicted molar refractivity (Wildman–Crippen MR) is 109 cm³/mol. The van der Waals surface area contributed by atoms with Crippen LogP contribution in [0.2, 0.25) is 0 Å². The van der Waals surface area contributed by atoms with Crippen LogP contribution in [0.3, 0.4) is 0 Å². The molecule has 0 spiro atoms. The molecule has 2 aromatic rings. The first-order valence-corrected chi connectivity index (χ1v) is 11.8. The van der Waals surface area contributed by atoms with Crippen LogP contribution < -0.4 is 4.90 Å². The monoisotopic (exact) mass is 420 g/mol. The molecule has 2 fully saturated rings. The van der Waals surface area contributed by atoms with E-state index in [0.717, 1.165) is 36.6 Å². The predicted octanol–water partition coefficient (Wildman–Crippen LogP) is 1.82. The Morgan fingerprint density at radius 2 is 1.75 bits per heavy atom. The number of aromatic nitrogens is 1. The van der Waals surface area contributed by atoms with Gasteiger partial charge in [-0.2, -0.15) is 4.31 Å². The lowest BCUT2D eigenvalue weighted by Gasteiger charge is -2.34. The van der Waals surface area contributed by atoms with Gasteiger partial charge in [0.25, 0.3) is 10.0 Å². The Kier molecular flexibility index (Phi) is 5.65. The van der Waals surface area contributed by atoms with Gasteiger partial charge in [0.2, 0.25) is 5.91 Å². The van der Waals surface area contributed by atoms with Gasteiger partial charge in [-0.15, -0.1) is 11.3 Å². The summed E-state index contributed by atoms with van der Waals surface area (Å²) < 4.78 is 27.8. The molecule has 0 radical (unpaired) electrons. The molecule has 0 aromatic carbocycles. The second kappa shape index (κ2) is 8.18. The number of pyridine rings is 1. The third-order valence-corrected chi connectivity index (χ3v) is 8.68. The first-order chi connectivity index (χ1) is 13.5. The maximum absolute atomic E-state index is 13.0. The largest absolute Gasteiger partial charge is 0.354 e. The molecular weight excluding hydrogens is 396 g/mol. The fourth-order valence-electron chi connectivity index (χ4n) is 3.64. The van der Waals surface area contributed by atoms with Crippen LogP contribution in [-0.4, -0.2) is 67.8 Å². The summed E-state index contributed by atoms with van der Waals surface area (Å²) in [5, 5.41) is 0. The topological polar surface area (TPSA) is 73.8 Å². The number of sulfonamides is 1. The number of hydrogen-bond acceptors (Lipinski definition) is 6. The number of carbonyl (C=O) groups is 1. The normalized spacial score (nSPS) is 18.6. The third kappa shape index (κ3) is 4.06. The zero-order valence-corrected chi connectivity index (χ0v) is 17.3. The maximum atomic E-state index is 13.0. The number of rotatable bonds is 5. The Balaban J connectivity index is 1.39. The van der Waals surface area contributed by atoms with Gasteiger partial charge >= 0.3 is 0 Å². The lowest BCUT2D eigenvalue weighted by molar-refractivity contribution is -0.129. The van der Waals surface area contributed by atoms with Crippen molar-refractivity contribution in [2.45, 2.75) is 23.5 Å². The van der Waals surface area contributed by atoms with Crippen LogP contribution >= 0.6 is 11.3 Å². The molecule has 0 unspecified atom stereocenters. The minimum Gasteiger partial charge on any atom is -0.354 e. The number of hydrogen-bond donors (Lipinski definition) is 0. The molecule has 0 saturated carbocycles. The van der Waals surface area contributed by atoms with Crippen molar-refractivity contribution in [1.82, 2.24) is 14.2 Å². The van der Waals surface area contributed by atoms with Gasteiger partial charge in [-0.05, 0) is 37.1 Å². The van der Waals surface area contributed by atoms with Gasteiger partial charge in [0.1, 0.15) is 10.0 Å². The van der Waals surface area contributed by atoms with Crippen molar-refractivity contribution in [3.8, 4) is 0 Å². The Bertz CT molecular complexity index is 916. The minimum absolute atomic E-state index is 0.0901. The summed E-state index contributed by atoms with van der Waals surface area (Å²) >= 11 is 1.21. The van der Waals surface area contributed by atoms with Crippen molar-refractivity contribution in [3.05, 3.63) is 41.4 Å². The Morgan fingerprint density at radius 1 is 1.00 bits per heavy atom. The highest BCUT2D eigenvalue weighted by Crippen LogP contribution is 2.27. The van der Waals surface area contributed by atoms with E-state index in [-0.39, 0.29) is 12.3 Å². The third-order valence-electron chi connectivity index (χ3n) is 5.23. The van der Waals surface area contributed by atoms with Crippen LogP contribution in [-0.2, 0) is 21.2 Å². The van der Waals surface area contributed by atoms with Crippen LogP contribution in [0.4, 0.5) is 5.82 Å². The van der Waals surface area contributed by atoms with Crippen LogP contribution in [0.25, 0.3) is 0 Å². The van der Waals surface area contributed by atoms with Gasteiger partial charge in [-0.25, -0.2) is 13.4 Å². The second-order valence-corrected chi connectivity index (χ2v) is 10.4.